The van der Waals surface area contributed by atoms with Gasteiger partial charge in [-0.25, -0.2) is 13.1 Å². The molecule has 0 radical (unpaired) electrons. The molecule has 0 bridgehead atoms. The van der Waals surface area contributed by atoms with E-state index in [0.717, 1.165) is 5.56 Å². The van der Waals surface area contributed by atoms with Gasteiger partial charge in [0.05, 0.1) is 26.0 Å². The predicted molar refractivity (Wildman–Crippen MR) is 143 cm³/mol. The highest BCUT2D eigenvalue weighted by Crippen LogP contribution is 2.26. The fraction of sp³-hybridized carbons (Fsp3) is 0.259. The number of amides is 1. The zero-order valence-corrected chi connectivity index (χ0v) is 22.8. The Hall–Kier alpha value is -2.71. The van der Waals surface area contributed by atoms with Crippen LogP contribution in [0.15, 0.2) is 71.6 Å². The minimum Gasteiger partial charge on any atom is -0.332 e. The number of likely N-dealkylation sites (N-methyl/N-ethyl adjacent to an activating group) is 1. The summed E-state index contributed by atoms with van der Waals surface area (Å²) in [5, 5.41) is 0.563. The van der Waals surface area contributed by atoms with Crippen LogP contribution in [0.25, 0.3) is 0 Å². The molecule has 36 heavy (non-hydrogen) atoms. The first-order valence-corrected chi connectivity index (χ1v) is 13.6. The van der Waals surface area contributed by atoms with Gasteiger partial charge in [-0.05, 0) is 64.1 Å². The van der Waals surface area contributed by atoms with Gasteiger partial charge in [-0.3, -0.25) is 9.59 Å². The molecule has 3 aromatic rings. The number of nitrogens with zero attached hydrogens (tertiary/aromatic N) is 1. The molecule has 6 nitrogen and oxygen atoms in total. The SMILES string of the molecule is CCN(C(=O)c1ccccc1C(=O)c1ccc(Cl)c(Cl)c1)C(C)(C)CNS(=O)(=O)c1ccc(C)cc1. The zero-order valence-electron chi connectivity index (χ0n) is 20.5. The van der Waals surface area contributed by atoms with E-state index < -0.39 is 15.6 Å². The van der Waals surface area contributed by atoms with E-state index >= 15 is 0 Å². The van der Waals surface area contributed by atoms with Crippen molar-refractivity contribution in [1.82, 2.24) is 9.62 Å². The van der Waals surface area contributed by atoms with Gasteiger partial charge < -0.3 is 4.90 Å². The van der Waals surface area contributed by atoms with Crippen LogP contribution in [0.5, 0.6) is 0 Å². The molecule has 0 atom stereocenters. The lowest BCUT2D eigenvalue weighted by Crippen LogP contribution is -2.54. The third-order valence-electron chi connectivity index (χ3n) is 5.90. The number of hydrogen-bond donors (Lipinski definition) is 1. The highest BCUT2D eigenvalue weighted by Gasteiger charge is 2.33. The molecule has 0 aliphatic heterocycles. The Kier molecular flexibility index (Phi) is 8.62. The van der Waals surface area contributed by atoms with Crippen LogP contribution in [-0.4, -0.2) is 43.6 Å². The van der Waals surface area contributed by atoms with Crippen molar-refractivity contribution in [3.05, 3.63) is 99.0 Å². The number of sulfonamides is 1. The summed E-state index contributed by atoms with van der Waals surface area (Å²) in [5.41, 5.74) is 0.785. The predicted octanol–water partition coefficient (Wildman–Crippen LogP) is 5.75. The van der Waals surface area contributed by atoms with Gasteiger partial charge in [0.15, 0.2) is 5.78 Å². The first kappa shape index (κ1) is 27.9. The highest BCUT2D eigenvalue weighted by molar-refractivity contribution is 7.89. The van der Waals surface area contributed by atoms with Gasteiger partial charge in [0.25, 0.3) is 5.91 Å². The molecular formula is C27H28Cl2N2O4S. The number of halogens is 2. The molecule has 3 rings (SSSR count). The summed E-state index contributed by atoms with van der Waals surface area (Å²) in [5.74, 6) is -0.757. The van der Waals surface area contributed by atoms with Gasteiger partial charge in [0.1, 0.15) is 0 Å². The Morgan fingerprint density at radius 2 is 1.53 bits per heavy atom. The largest absolute Gasteiger partial charge is 0.332 e. The second-order valence-corrected chi connectivity index (χ2v) is 11.6. The van der Waals surface area contributed by atoms with Crippen LogP contribution < -0.4 is 4.72 Å². The topological polar surface area (TPSA) is 83.6 Å². The van der Waals surface area contributed by atoms with Crippen molar-refractivity contribution in [2.75, 3.05) is 13.1 Å². The molecule has 1 N–H and O–H groups in total. The van der Waals surface area contributed by atoms with E-state index in [2.05, 4.69) is 4.72 Å². The second kappa shape index (κ2) is 11.1. The molecule has 0 saturated carbocycles. The lowest BCUT2D eigenvalue weighted by Gasteiger charge is -2.38. The molecule has 3 aromatic carbocycles. The number of ketones is 1. The van der Waals surface area contributed by atoms with Crippen LogP contribution in [0.1, 0.15) is 52.6 Å². The summed E-state index contributed by atoms with van der Waals surface area (Å²) in [4.78, 5) is 28.6. The lowest BCUT2D eigenvalue weighted by molar-refractivity contribution is 0.0571. The monoisotopic (exact) mass is 546 g/mol. The number of carbonyl (C=O) groups is 2. The van der Waals surface area contributed by atoms with Gasteiger partial charge in [-0.2, -0.15) is 0 Å². The molecule has 190 valence electrons. The summed E-state index contributed by atoms with van der Waals surface area (Å²) in [6.07, 6.45) is 0. The second-order valence-electron chi connectivity index (χ2n) is 9.00. The summed E-state index contributed by atoms with van der Waals surface area (Å²) in [7, 11) is -3.77. The van der Waals surface area contributed by atoms with Crippen LogP contribution in [0.2, 0.25) is 10.0 Å². The summed E-state index contributed by atoms with van der Waals surface area (Å²) >= 11 is 12.1. The average Bonchev–Trinajstić information content (AvgIpc) is 2.84. The zero-order chi connectivity index (χ0) is 26.7. The Labute approximate surface area is 222 Å². The van der Waals surface area contributed by atoms with E-state index in [1.807, 2.05) is 6.92 Å². The van der Waals surface area contributed by atoms with E-state index in [1.165, 1.54) is 24.3 Å². The third kappa shape index (κ3) is 6.16. The lowest BCUT2D eigenvalue weighted by atomic mass is 9.95. The number of hydrogen-bond acceptors (Lipinski definition) is 4. The van der Waals surface area contributed by atoms with Crippen molar-refractivity contribution < 1.29 is 18.0 Å². The molecule has 0 saturated heterocycles. The van der Waals surface area contributed by atoms with Gasteiger partial charge >= 0.3 is 0 Å². The van der Waals surface area contributed by atoms with Gasteiger partial charge in [-0.1, -0.05) is 59.1 Å². The van der Waals surface area contributed by atoms with E-state index in [0.29, 0.717) is 17.1 Å². The fourth-order valence-corrected chi connectivity index (χ4v) is 5.32. The third-order valence-corrected chi connectivity index (χ3v) is 8.06. The van der Waals surface area contributed by atoms with Crippen LogP contribution in [-0.2, 0) is 10.0 Å². The van der Waals surface area contributed by atoms with E-state index in [9.17, 15) is 18.0 Å². The number of benzene rings is 3. The minimum absolute atomic E-state index is 0.0221. The first-order valence-electron chi connectivity index (χ1n) is 11.3. The molecule has 0 aromatic heterocycles. The molecule has 0 heterocycles. The smallest absolute Gasteiger partial charge is 0.255 e. The number of aryl methyl sites for hydroxylation is 1. The van der Waals surface area contributed by atoms with E-state index in [4.69, 9.17) is 23.2 Å². The molecule has 1 amide bonds. The maximum absolute atomic E-state index is 13.7. The van der Waals surface area contributed by atoms with Crippen LogP contribution in [0.4, 0.5) is 0 Å². The normalized spacial score (nSPS) is 11.8. The highest BCUT2D eigenvalue weighted by atomic mass is 35.5. The molecular weight excluding hydrogens is 519 g/mol. The van der Waals surface area contributed by atoms with Gasteiger partial charge in [0, 0.05) is 24.2 Å². The molecule has 0 unspecified atom stereocenters. The number of carbonyl (C=O) groups excluding carboxylic acids is 2. The quantitative estimate of drug-likeness (QED) is 0.346. The van der Waals surface area contributed by atoms with Gasteiger partial charge in [0.2, 0.25) is 10.0 Å². The van der Waals surface area contributed by atoms with Crippen LogP contribution in [0.3, 0.4) is 0 Å². The Morgan fingerprint density at radius 3 is 2.11 bits per heavy atom. The summed E-state index contributed by atoms with van der Waals surface area (Å²) in [6, 6.07) is 17.6. The van der Waals surface area contributed by atoms with Crippen molar-refractivity contribution >= 4 is 44.9 Å². The summed E-state index contributed by atoms with van der Waals surface area (Å²) in [6.45, 7) is 7.50. The number of rotatable bonds is 9. The van der Waals surface area contributed by atoms with Crippen molar-refractivity contribution in [2.45, 2.75) is 38.1 Å². The van der Waals surface area contributed by atoms with Crippen LogP contribution >= 0.6 is 23.2 Å². The van der Waals surface area contributed by atoms with E-state index in [-0.39, 0.29) is 39.3 Å². The summed E-state index contributed by atoms with van der Waals surface area (Å²) < 4.78 is 28.2. The maximum atomic E-state index is 13.7. The minimum atomic E-state index is -3.77. The first-order chi connectivity index (χ1) is 16.9. The Balaban J connectivity index is 1.87. The van der Waals surface area contributed by atoms with Crippen LogP contribution in [0, 0.1) is 6.92 Å². The fourth-order valence-electron chi connectivity index (χ4n) is 3.82. The molecule has 0 aliphatic rings. The Bertz CT molecular complexity index is 1390. The van der Waals surface area contributed by atoms with Crippen molar-refractivity contribution in [3.63, 3.8) is 0 Å². The molecule has 0 fully saturated rings. The Morgan fingerprint density at radius 1 is 0.917 bits per heavy atom. The standard InChI is InChI=1S/C27H28Cl2N2O4S/c1-5-31(27(3,4)17-30-36(34,35)20-13-10-18(2)11-14-20)26(33)22-9-7-6-8-21(22)25(32)19-12-15-23(28)24(29)16-19/h6-16,30H,5,17H2,1-4H3. The van der Waals surface area contributed by atoms with Crippen molar-refractivity contribution in [1.29, 1.82) is 0 Å². The van der Waals surface area contributed by atoms with Crippen molar-refractivity contribution in [2.24, 2.45) is 0 Å². The molecule has 9 heteroatoms. The number of nitrogens with one attached hydrogen (secondary N) is 1. The molecule has 0 spiro atoms. The van der Waals surface area contributed by atoms with Crippen molar-refractivity contribution in [3.8, 4) is 0 Å². The maximum Gasteiger partial charge on any atom is 0.255 e. The van der Waals surface area contributed by atoms with E-state index in [1.54, 1.807) is 68.1 Å². The van der Waals surface area contributed by atoms with Gasteiger partial charge in [-0.15, -0.1) is 0 Å². The molecule has 0 aliphatic carbocycles. The average molecular weight is 548 g/mol.